The smallest absolute Gasteiger partial charge is 0.409 e. The van der Waals surface area contributed by atoms with Crippen LogP contribution in [0.2, 0.25) is 0 Å². The number of rotatable bonds is 9. The lowest BCUT2D eigenvalue weighted by molar-refractivity contribution is -0.151. The number of benzene rings is 2. The minimum atomic E-state index is -1.95. The van der Waals surface area contributed by atoms with Gasteiger partial charge in [0.2, 0.25) is 11.6 Å². The van der Waals surface area contributed by atoms with Gasteiger partial charge in [-0.25, -0.2) is 14.4 Å². The van der Waals surface area contributed by atoms with Crippen LogP contribution in [0.5, 0.6) is 0 Å². The summed E-state index contributed by atoms with van der Waals surface area (Å²) in [6.07, 6.45) is 0.892. The normalized spacial score (nSPS) is 16.6. The topological polar surface area (TPSA) is 164 Å². The van der Waals surface area contributed by atoms with Gasteiger partial charge in [-0.05, 0) is 43.5 Å². The molecular formula is C25H30N6O6. The van der Waals surface area contributed by atoms with E-state index in [2.05, 4.69) is 21.1 Å². The van der Waals surface area contributed by atoms with Crippen molar-refractivity contribution in [1.82, 2.24) is 16.0 Å². The minimum absolute atomic E-state index is 0.0183. The number of hydrogen-bond donors (Lipinski definition) is 4. The molecule has 1 aliphatic heterocycles. The number of esters is 1. The van der Waals surface area contributed by atoms with Gasteiger partial charge in [0.1, 0.15) is 12.6 Å². The fraction of sp³-hybridized carbons (Fsp3) is 0.320. The zero-order valence-corrected chi connectivity index (χ0v) is 20.6. The summed E-state index contributed by atoms with van der Waals surface area (Å²) in [6.45, 7) is 3.22. The van der Waals surface area contributed by atoms with Crippen molar-refractivity contribution >= 4 is 35.9 Å². The number of ether oxygens (including phenoxy) is 2. The quantitative estimate of drug-likeness (QED) is 0.131. The number of nitrogens with zero attached hydrogens (tertiary/aromatic N) is 2. The molecule has 3 rings (SSSR count). The molecule has 0 aliphatic carbocycles. The Hall–Kier alpha value is -4.61. The summed E-state index contributed by atoms with van der Waals surface area (Å²) in [5, 5.41) is 10.8. The summed E-state index contributed by atoms with van der Waals surface area (Å²) < 4.78 is 10.2. The molecule has 0 saturated carbocycles. The third kappa shape index (κ3) is 7.19. The lowest BCUT2D eigenvalue weighted by atomic mass is 10.2. The van der Waals surface area contributed by atoms with E-state index in [1.165, 1.54) is 18.0 Å². The molecule has 1 unspecified atom stereocenters. The van der Waals surface area contributed by atoms with Gasteiger partial charge in [0.25, 0.3) is 0 Å². The van der Waals surface area contributed by atoms with Crippen molar-refractivity contribution in [1.29, 1.82) is 0 Å². The average Bonchev–Trinajstić information content (AvgIpc) is 3.23. The van der Waals surface area contributed by atoms with Crippen LogP contribution >= 0.6 is 0 Å². The molecule has 1 heterocycles. The van der Waals surface area contributed by atoms with Crippen LogP contribution in [0.3, 0.4) is 0 Å². The fourth-order valence-electron chi connectivity index (χ4n) is 3.69. The van der Waals surface area contributed by atoms with Gasteiger partial charge < -0.3 is 30.8 Å². The van der Waals surface area contributed by atoms with Gasteiger partial charge in [-0.15, -0.1) is 0 Å². The molecule has 1 saturated heterocycles. The van der Waals surface area contributed by atoms with Crippen LogP contribution in [-0.4, -0.2) is 55.1 Å². The van der Waals surface area contributed by atoms with Gasteiger partial charge in [-0.3, -0.25) is 10.1 Å². The van der Waals surface area contributed by atoms with Crippen molar-refractivity contribution in [2.24, 2.45) is 10.9 Å². The van der Waals surface area contributed by atoms with E-state index in [0.717, 1.165) is 11.1 Å². The van der Waals surface area contributed by atoms with Gasteiger partial charge in [-0.1, -0.05) is 42.5 Å². The van der Waals surface area contributed by atoms with Gasteiger partial charge in [-0.2, -0.15) is 5.10 Å². The molecule has 196 valence electrons. The molecule has 0 bridgehead atoms. The number of carbonyl (C=O) groups excluding carboxylic acids is 4. The van der Waals surface area contributed by atoms with Crippen LogP contribution in [0.1, 0.15) is 31.4 Å². The van der Waals surface area contributed by atoms with E-state index in [1.54, 1.807) is 55.5 Å². The van der Waals surface area contributed by atoms with E-state index in [4.69, 9.17) is 15.3 Å². The summed E-state index contributed by atoms with van der Waals surface area (Å²) in [4.78, 5) is 52.2. The molecule has 4 amide bonds. The molecule has 1 fully saturated rings. The Labute approximate surface area is 214 Å². The maximum absolute atomic E-state index is 12.9. The van der Waals surface area contributed by atoms with Gasteiger partial charge in [0.15, 0.2) is 0 Å². The van der Waals surface area contributed by atoms with Crippen molar-refractivity contribution in [2.45, 2.75) is 38.6 Å². The predicted molar refractivity (Wildman–Crippen MR) is 135 cm³/mol. The summed E-state index contributed by atoms with van der Waals surface area (Å²) in [5.41, 5.74) is 0.228. The van der Waals surface area contributed by atoms with Crippen LogP contribution in [-0.2, 0) is 25.7 Å². The Bertz CT molecular complexity index is 1140. The zero-order chi connectivity index (χ0) is 26.8. The van der Waals surface area contributed by atoms with E-state index >= 15 is 0 Å². The first-order valence-corrected chi connectivity index (χ1v) is 11.6. The lowest BCUT2D eigenvalue weighted by Gasteiger charge is -2.29. The maximum atomic E-state index is 12.9. The van der Waals surface area contributed by atoms with Gasteiger partial charge in [0, 0.05) is 12.2 Å². The van der Waals surface area contributed by atoms with Crippen LogP contribution in [0.25, 0.3) is 0 Å². The molecule has 1 aliphatic rings. The third-order valence-electron chi connectivity index (χ3n) is 5.55. The first kappa shape index (κ1) is 27.0. The van der Waals surface area contributed by atoms with Crippen LogP contribution in [0, 0.1) is 0 Å². The van der Waals surface area contributed by atoms with Crippen molar-refractivity contribution in [3.05, 3.63) is 65.7 Å². The second kappa shape index (κ2) is 12.4. The number of anilines is 1. The molecule has 12 heteroatoms. The van der Waals surface area contributed by atoms with Crippen molar-refractivity contribution in [2.75, 3.05) is 18.1 Å². The largest absolute Gasteiger partial charge is 0.463 e. The maximum Gasteiger partial charge on any atom is 0.409 e. The standard InChI is InChI=1S/C25H30N6O6/c1-3-36-22(33)25(2,30-24(35)37-16-18-7-5-4-6-8-18)29-23(34)28-20-13-14-31(21(20)32)19-11-9-17(10-12-19)15-27-26/h4-12,15,20H,3,13-14,16,26H2,1-2H3,(H,30,35)(H2,28,29,34)/t20?,25-/m0/s1. The monoisotopic (exact) mass is 510 g/mol. The Morgan fingerprint density at radius 1 is 1.11 bits per heavy atom. The Kier molecular flexibility index (Phi) is 9.03. The number of amides is 4. The van der Waals surface area contributed by atoms with Crippen molar-refractivity contribution in [3.63, 3.8) is 0 Å². The highest BCUT2D eigenvalue weighted by Gasteiger charge is 2.41. The molecule has 12 nitrogen and oxygen atoms in total. The number of alkyl carbamates (subject to hydrolysis) is 1. The first-order chi connectivity index (χ1) is 17.8. The van der Waals surface area contributed by atoms with Crippen LogP contribution < -0.4 is 26.7 Å². The molecular weight excluding hydrogens is 480 g/mol. The van der Waals surface area contributed by atoms with Crippen molar-refractivity contribution < 1.29 is 28.7 Å². The molecule has 2 aromatic carbocycles. The molecule has 5 N–H and O–H groups in total. The number of nitrogens with one attached hydrogen (secondary N) is 3. The molecule has 0 radical (unpaired) electrons. The van der Waals surface area contributed by atoms with Crippen LogP contribution in [0.4, 0.5) is 15.3 Å². The number of hydrogen-bond acceptors (Lipinski definition) is 8. The van der Waals surface area contributed by atoms with Gasteiger partial charge >= 0.3 is 18.1 Å². The number of urea groups is 1. The molecule has 2 atom stereocenters. The van der Waals surface area contributed by atoms with Crippen LogP contribution in [0.15, 0.2) is 59.7 Å². The highest BCUT2D eigenvalue weighted by molar-refractivity contribution is 6.01. The zero-order valence-electron chi connectivity index (χ0n) is 20.6. The lowest BCUT2D eigenvalue weighted by Crippen LogP contribution is -2.66. The van der Waals surface area contributed by atoms with Gasteiger partial charge in [0.05, 0.1) is 12.8 Å². The SMILES string of the molecule is CCOC(=O)[C@@](C)(NC(=O)NC1CCN(c2ccc(C=NN)cc2)C1=O)NC(=O)OCc1ccccc1. The Morgan fingerprint density at radius 2 is 1.81 bits per heavy atom. The van der Waals surface area contributed by atoms with E-state index < -0.39 is 29.8 Å². The highest BCUT2D eigenvalue weighted by Crippen LogP contribution is 2.22. The summed E-state index contributed by atoms with van der Waals surface area (Å²) in [5.74, 6) is 3.94. The van der Waals surface area contributed by atoms with E-state index in [-0.39, 0.29) is 19.1 Å². The fourth-order valence-corrected chi connectivity index (χ4v) is 3.69. The first-order valence-electron chi connectivity index (χ1n) is 11.6. The van der Waals surface area contributed by atoms with E-state index in [1.807, 2.05) is 6.07 Å². The Balaban J connectivity index is 1.61. The molecule has 0 aromatic heterocycles. The minimum Gasteiger partial charge on any atom is -0.463 e. The Morgan fingerprint density at radius 3 is 2.46 bits per heavy atom. The second-order valence-electron chi connectivity index (χ2n) is 8.33. The molecule has 37 heavy (non-hydrogen) atoms. The number of hydrazone groups is 1. The number of nitrogens with two attached hydrogens (primary N) is 1. The molecule has 0 spiro atoms. The summed E-state index contributed by atoms with van der Waals surface area (Å²) in [6, 6.07) is 14.3. The van der Waals surface area contributed by atoms with E-state index in [9.17, 15) is 19.2 Å². The molecule has 2 aromatic rings. The second-order valence-corrected chi connectivity index (χ2v) is 8.33. The third-order valence-corrected chi connectivity index (χ3v) is 5.55. The summed E-state index contributed by atoms with van der Waals surface area (Å²) in [7, 11) is 0. The predicted octanol–water partition coefficient (Wildman–Crippen LogP) is 1.59. The van der Waals surface area contributed by atoms with Crippen molar-refractivity contribution in [3.8, 4) is 0 Å². The highest BCUT2D eigenvalue weighted by atomic mass is 16.6. The summed E-state index contributed by atoms with van der Waals surface area (Å²) >= 11 is 0. The number of carbonyl (C=O) groups is 4. The van der Waals surface area contributed by atoms with E-state index in [0.29, 0.717) is 18.7 Å². The average molecular weight is 511 g/mol.